The molecule has 2 heterocycles. The first-order chi connectivity index (χ1) is 14.2. The number of carbonyl (C=O) groups excluding carboxylic acids is 1. The standard InChI is InChI=1S/C21H23N5O3/c1-15-22-23-24-26(15)18-9-7-16(8-10-18)13-20(28)25-11-12-29-19(14-27)21(25)17-5-3-2-4-6-17/h2-10,19,21,27H,11-14H2,1H3/t19-,21-/m1/s1. The van der Waals surface area contributed by atoms with Gasteiger partial charge in [0.25, 0.3) is 0 Å². The molecule has 1 aliphatic rings. The average molecular weight is 393 g/mol. The second-order valence-corrected chi connectivity index (χ2v) is 7.02. The van der Waals surface area contributed by atoms with E-state index < -0.39 is 6.10 Å². The van der Waals surface area contributed by atoms with E-state index in [0.717, 1.165) is 16.8 Å². The molecular formula is C21H23N5O3. The fourth-order valence-corrected chi connectivity index (χ4v) is 3.71. The summed E-state index contributed by atoms with van der Waals surface area (Å²) in [6.07, 6.45) is -0.156. The van der Waals surface area contributed by atoms with Gasteiger partial charge in [0.1, 0.15) is 6.10 Å². The van der Waals surface area contributed by atoms with Crippen molar-refractivity contribution < 1.29 is 14.6 Å². The Morgan fingerprint density at radius 2 is 1.93 bits per heavy atom. The molecule has 0 radical (unpaired) electrons. The second kappa shape index (κ2) is 8.50. The monoisotopic (exact) mass is 393 g/mol. The van der Waals surface area contributed by atoms with E-state index in [1.165, 1.54) is 0 Å². The van der Waals surface area contributed by atoms with E-state index >= 15 is 0 Å². The van der Waals surface area contributed by atoms with Crippen molar-refractivity contribution in [2.75, 3.05) is 19.8 Å². The molecule has 1 aromatic heterocycles. The fraction of sp³-hybridized carbons (Fsp3) is 0.333. The number of rotatable bonds is 5. The summed E-state index contributed by atoms with van der Waals surface area (Å²) in [5, 5.41) is 21.3. The maximum absolute atomic E-state index is 13.1. The first-order valence-electron chi connectivity index (χ1n) is 9.58. The van der Waals surface area contributed by atoms with Gasteiger partial charge >= 0.3 is 0 Å². The molecule has 1 aliphatic heterocycles. The van der Waals surface area contributed by atoms with Crippen LogP contribution in [0.1, 0.15) is 23.0 Å². The molecule has 8 nitrogen and oxygen atoms in total. The minimum absolute atomic E-state index is 0.00644. The van der Waals surface area contributed by atoms with E-state index in [1.807, 2.05) is 66.4 Å². The van der Waals surface area contributed by atoms with Crippen molar-refractivity contribution in [3.05, 3.63) is 71.5 Å². The number of morpholine rings is 1. The van der Waals surface area contributed by atoms with Crippen molar-refractivity contribution >= 4 is 5.91 Å². The average Bonchev–Trinajstić information content (AvgIpc) is 3.20. The molecule has 1 saturated heterocycles. The lowest BCUT2D eigenvalue weighted by molar-refractivity contribution is -0.149. The number of hydrogen-bond donors (Lipinski definition) is 1. The number of nitrogens with zero attached hydrogens (tertiary/aromatic N) is 5. The second-order valence-electron chi connectivity index (χ2n) is 7.02. The SMILES string of the molecule is Cc1nnnn1-c1ccc(CC(=O)N2CCO[C@H](CO)[C@H]2c2ccccc2)cc1. The van der Waals surface area contributed by atoms with Crippen LogP contribution < -0.4 is 0 Å². The quantitative estimate of drug-likeness (QED) is 0.706. The Labute approximate surface area is 168 Å². The summed E-state index contributed by atoms with van der Waals surface area (Å²) in [7, 11) is 0. The van der Waals surface area contributed by atoms with Crippen molar-refractivity contribution in [2.45, 2.75) is 25.5 Å². The number of aliphatic hydroxyl groups excluding tert-OH is 1. The maximum atomic E-state index is 13.1. The predicted octanol–water partition coefficient (Wildman–Crippen LogP) is 1.47. The van der Waals surface area contributed by atoms with E-state index in [0.29, 0.717) is 19.0 Å². The number of ether oxygens (including phenoxy) is 1. The number of aromatic nitrogens is 4. The lowest BCUT2D eigenvalue weighted by atomic mass is 9.97. The molecule has 150 valence electrons. The summed E-state index contributed by atoms with van der Waals surface area (Å²) in [6.45, 7) is 2.61. The van der Waals surface area contributed by atoms with Crippen LogP contribution in [0.15, 0.2) is 54.6 Å². The zero-order valence-electron chi connectivity index (χ0n) is 16.2. The molecule has 29 heavy (non-hydrogen) atoms. The number of tetrazole rings is 1. The summed E-state index contributed by atoms with van der Waals surface area (Å²) in [6, 6.07) is 17.0. The molecule has 1 fully saturated rings. The maximum Gasteiger partial charge on any atom is 0.227 e. The Balaban J connectivity index is 1.52. The van der Waals surface area contributed by atoms with Gasteiger partial charge in [-0.1, -0.05) is 42.5 Å². The smallest absolute Gasteiger partial charge is 0.227 e. The molecule has 0 spiro atoms. The molecule has 2 atom stereocenters. The van der Waals surface area contributed by atoms with E-state index in [2.05, 4.69) is 15.5 Å². The van der Waals surface area contributed by atoms with Crippen molar-refractivity contribution in [3.8, 4) is 5.69 Å². The minimum atomic E-state index is -0.430. The van der Waals surface area contributed by atoms with E-state index in [4.69, 9.17) is 4.74 Å². The van der Waals surface area contributed by atoms with E-state index in [-0.39, 0.29) is 25.0 Å². The zero-order valence-corrected chi connectivity index (χ0v) is 16.2. The van der Waals surface area contributed by atoms with Gasteiger partial charge in [-0.05, 0) is 40.6 Å². The van der Waals surface area contributed by atoms with Gasteiger partial charge in [-0.15, -0.1) is 5.10 Å². The highest BCUT2D eigenvalue weighted by Crippen LogP contribution is 2.30. The Bertz CT molecular complexity index is 958. The highest BCUT2D eigenvalue weighted by molar-refractivity contribution is 5.79. The van der Waals surface area contributed by atoms with Crippen molar-refractivity contribution in [2.24, 2.45) is 0 Å². The van der Waals surface area contributed by atoms with Crippen LogP contribution in [0.25, 0.3) is 5.69 Å². The Hall–Kier alpha value is -3.10. The van der Waals surface area contributed by atoms with Crippen LogP contribution in [0.5, 0.6) is 0 Å². The van der Waals surface area contributed by atoms with Gasteiger partial charge in [0, 0.05) is 6.54 Å². The summed E-state index contributed by atoms with van der Waals surface area (Å²) in [5.74, 6) is 0.704. The number of benzene rings is 2. The zero-order chi connectivity index (χ0) is 20.2. The Morgan fingerprint density at radius 3 is 2.59 bits per heavy atom. The topological polar surface area (TPSA) is 93.4 Å². The summed E-state index contributed by atoms with van der Waals surface area (Å²) < 4.78 is 7.37. The molecule has 0 unspecified atom stereocenters. The predicted molar refractivity (Wildman–Crippen MR) is 105 cm³/mol. The molecule has 3 aromatic rings. The van der Waals surface area contributed by atoms with Crippen LogP contribution in [0.2, 0.25) is 0 Å². The summed E-state index contributed by atoms with van der Waals surface area (Å²) >= 11 is 0. The van der Waals surface area contributed by atoms with Crippen molar-refractivity contribution in [3.63, 3.8) is 0 Å². The highest BCUT2D eigenvalue weighted by Gasteiger charge is 2.35. The largest absolute Gasteiger partial charge is 0.394 e. The molecule has 8 heteroatoms. The lowest BCUT2D eigenvalue weighted by Crippen LogP contribution is -2.49. The molecular weight excluding hydrogens is 370 g/mol. The van der Waals surface area contributed by atoms with Crippen LogP contribution >= 0.6 is 0 Å². The van der Waals surface area contributed by atoms with Gasteiger partial charge in [0.2, 0.25) is 5.91 Å². The molecule has 0 saturated carbocycles. The third-order valence-electron chi connectivity index (χ3n) is 5.16. The van der Waals surface area contributed by atoms with E-state index in [1.54, 1.807) is 4.68 Å². The van der Waals surface area contributed by atoms with Crippen molar-refractivity contribution in [1.29, 1.82) is 0 Å². The Kier molecular flexibility index (Phi) is 5.64. The molecule has 0 aliphatic carbocycles. The lowest BCUT2D eigenvalue weighted by Gasteiger charge is -2.41. The van der Waals surface area contributed by atoms with Crippen LogP contribution in [0.3, 0.4) is 0 Å². The van der Waals surface area contributed by atoms with Gasteiger partial charge in [0.15, 0.2) is 5.82 Å². The third kappa shape index (κ3) is 4.03. The van der Waals surface area contributed by atoms with Crippen LogP contribution in [-0.2, 0) is 16.0 Å². The van der Waals surface area contributed by atoms with Gasteiger partial charge in [-0.2, -0.15) is 4.68 Å². The number of carbonyl (C=O) groups is 1. The number of aliphatic hydroxyl groups is 1. The van der Waals surface area contributed by atoms with Gasteiger partial charge in [-0.25, -0.2) is 0 Å². The van der Waals surface area contributed by atoms with E-state index in [9.17, 15) is 9.90 Å². The van der Waals surface area contributed by atoms with Crippen LogP contribution in [0.4, 0.5) is 0 Å². The Morgan fingerprint density at radius 1 is 1.17 bits per heavy atom. The molecule has 1 amide bonds. The first-order valence-corrected chi connectivity index (χ1v) is 9.58. The van der Waals surface area contributed by atoms with Crippen LogP contribution in [-0.4, -0.2) is 62.0 Å². The van der Waals surface area contributed by atoms with Gasteiger partial charge < -0.3 is 14.7 Å². The van der Waals surface area contributed by atoms with Crippen molar-refractivity contribution in [1.82, 2.24) is 25.1 Å². The van der Waals surface area contributed by atoms with Gasteiger partial charge in [-0.3, -0.25) is 4.79 Å². The summed E-state index contributed by atoms with van der Waals surface area (Å²) in [4.78, 5) is 15.0. The highest BCUT2D eigenvalue weighted by atomic mass is 16.5. The minimum Gasteiger partial charge on any atom is -0.394 e. The summed E-state index contributed by atoms with van der Waals surface area (Å²) in [5.41, 5.74) is 2.71. The molecule has 1 N–H and O–H groups in total. The first kappa shape index (κ1) is 19.2. The number of aryl methyl sites for hydroxylation is 1. The molecule has 0 bridgehead atoms. The normalized spacial score (nSPS) is 19.3. The third-order valence-corrected chi connectivity index (χ3v) is 5.16. The molecule has 4 rings (SSSR count). The number of hydrogen-bond acceptors (Lipinski definition) is 6. The van der Waals surface area contributed by atoms with Gasteiger partial charge in [0.05, 0.1) is 31.4 Å². The van der Waals surface area contributed by atoms with Crippen LogP contribution in [0, 0.1) is 6.92 Å². The fourth-order valence-electron chi connectivity index (χ4n) is 3.71. The molecule has 2 aromatic carbocycles. The number of amides is 1.